The van der Waals surface area contributed by atoms with E-state index in [1.54, 1.807) is 72.8 Å². The van der Waals surface area contributed by atoms with Crippen LogP contribution in [0.5, 0.6) is 5.75 Å². The number of fused-ring (bicyclic) bond motifs is 1. The summed E-state index contributed by atoms with van der Waals surface area (Å²) in [7, 11) is 0. The summed E-state index contributed by atoms with van der Waals surface area (Å²) in [4.78, 5) is 4.72. The van der Waals surface area contributed by atoms with Crippen molar-refractivity contribution >= 4 is 22.6 Å². The highest BCUT2D eigenvalue weighted by Crippen LogP contribution is 2.41. The van der Waals surface area contributed by atoms with E-state index in [0.29, 0.717) is 34.2 Å². The maximum absolute atomic E-state index is 14.6. The molecule has 0 saturated heterocycles. The number of benzene rings is 4. The van der Waals surface area contributed by atoms with Gasteiger partial charge in [0.1, 0.15) is 18.1 Å². The van der Waals surface area contributed by atoms with E-state index in [1.165, 1.54) is 4.68 Å². The minimum atomic E-state index is -4.65. The van der Waals surface area contributed by atoms with Crippen LogP contribution in [0.25, 0.3) is 39.2 Å². The molecule has 0 spiro atoms. The van der Waals surface area contributed by atoms with E-state index in [0.717, 1.165) is 17.2 Å². The lowest BCUT2D eigenvalue weighted by Gasteiger charge is -2.13. The maximum atomic E-state index is 14.6. The smallest absolute Gasteiger partial charge is 0.417 e. The van der Waals surface area contributed by atoms with Crippen molar-refractivity contribution in [1.82, 2.24) is 14.8 Å². The van der Waals surface area contributed by atoms with E-state index in [-0.39, 0.29) is 22.4 Å². The van der Waals surface area contributed by atoms with Crippen molar-refractivity contribution in [2.24, 2.45) is 0 Å². The summed E-state index contributed by atoms with van der Waals surface area (Å²) in [5.41, 5.74) is 3.44. The van der Waals surface area contributed by atoms with Crippen molar-refractivity contribution in [1.29, 1.82) is 0 Å². The molecule has 0 N–H and O–H groups in total. The average Bonchev–Trinajstić information content (AvgIpc) is 3.36. The fraction of sp³-hybridized carbons (Fsp3) is 0.0909. The number of rotatable bonds is 6. The summed E-state index contributed by atoms with van der Waals surface area (Å²) in [6.07, 6.45) is -4.65. The lowest BCUT2D eigenvalue weighted by molar-refractivity contribution is -0.136. The minimum absolute atomic E-state index is 0.0783. The van der Waals surface area contributed by atoms with Gasteiger partial charge in [-0.25, -0.2) is 9.67 Å². The zero-order valence-electron chi connectivity index (χ0n) is 21.9. The van der Waals surface area contributed by atoms with Gasteiger partial charge in [-0.15, -0.1) is 0 Å². The van der Waals surface area contributed by atoms with Crippen LogP contribution in [0.3, 0.4) is 0 Å². The number of nitrogens with zero attached hydrogens (tertiary/aromatic N) is 3. The molecule has 0 aliphatic heterocycles. The van der Waals surface area contributed by atoms with Crippen LogP contribution >= 0.6 is 11.6 Å². The molecule has 4 nitrogen and oxygen atoms in total. The third-order valence-electron chi connectivity index (χ3n) is 6.74. The first-order chi connectivity index (χ1) is 19.8. The van der Waals surface area contributed by atoms with Gasteiger partial charge in [0.15, 0.2) is 5.65 Å². The van der Waals surface area contributed by atoms with Crippen LogP contribution in [0, 0.1) is 6.92 Å². The van der Waals surface area contributed by atoms with Gasteiger partial charge in [-0.3, -0.25) is 0 Å². The number of para-hydroxylation sites is 1. The van der Waals surface area contributed by atoms with Crippen molar-refractivity contribution in [2.75, 3.05) is 0 Å². The Balaban J connectivity index is 1.46. The zero-order valence-corrected chi connectivity index (χ0v) is 22.6. The molecule has 0 saturated carbocycles. The van der Waals surface area contributed by atoms with Crippen molar-refractivity contribution in [3.05, 3.63) is 131 Å². The number of hydrogen-bond acceptors (Lipinski definition) is 3. The second-order valence-corrected chi connectivity index (χ2v) is 10.1. The molecular weight excluding hydrogens is 547 g/mol. The molecule has 0 aliphatic rings. The highest BCUT2D eigenvalue weighted by molar-refractivity contribution is 6.30. The monoisotopic (exact) mass is 569 g/mol. The number of pyridine rings is 1. The molecule has 0 atom stereocenters. The Kier molecular flexibility index (Phi) is 6.97. The third kappa shape index (κ3) is 5.54. The Labute approximate surface area is 239 Å². The predicted molar refractivity (Wildman–Crippen MR) is 155 cm³/mol. The first-order valence-electron chi connectivity index (χ1n) is 12.9. The normalized spacial score (nSPS) is 11.6. The largest absolute Gasteiger partial charge is 0.489 e. The van der Waals surface area contributed by atoms with Crippen LogP contribution in [-0.2, 0) is 12.8 Å². The number of alkyl halides is 3. The highest BCUT2D eigenvalue weighted by Gasteiger charge is 2.36. The van der Waals surface area contributed by atoms with Crippen LogP contribution in [0.1, 0.15) is 16.7 Å². The summed E-state index contributed by atoms with van der Waals surface area (Å²) >= 11 is 6.05. The van der Waals surface area contributed by atoms with Gasteiger partial charge in [-0.05, 0) is 67.1 Å². The van der Waals surface area contributed by atoms with Crippen molar-refractivity contribution in [2.45, 2.75) is 19.7 Å². The zero-order chi connectivity index (χ0) is 28.6. The summed E-state index contributed by atoms with van der Waals surface area (Å²) in [6.45, 7) is 2.40. The van der Waals surface area contributed by atoms with Crippen LogP contribution in [0.4, 0.5) is 13.2 Å². The standard InChI is InChI=1S/C33H23ClF3N3O/c1-21-7-9-22(10-8-21)20-41-27-17-13-23(14-18-27)29-19-28(33(35,36)37)30-31(24-11-15-25(34)16-12-24)39-40(32(30)38-29)26-5-3-2-4-6-26/h2-19H,20H2,1H3. The SMILES string of the molecule is Cc1ccc(COc2ccc(-c3cc(C(F)(F)F)c4c(-c5ccc(Cl)cc5)nn(-c5ccccc5)c4n3)cc2)cc1. The molecule has 2 aromatic heterocycles. The molecule has 6 aromatic rings. The molecule has 204 valence electrons. The molecule has 0 aliphatic carbocycles. The fourth-order valence-corrected chi connectivity index (χ4v) is 4.75. The molecule has 0 unspecified atom stereocenters. The Morgan fingerprint density at radius 2 is 1.46 bits per heavy atom. The van der Waals surface area contributed by atoms with Gasteiger partial charge in [-0.1, -0.05) is 71.8 Å². The molecule has 2 heterocycles. The summed E-state index contributed by atoms with van der Waals surface area (Å²) in [5, 5.41) is 5.03. The van der Waals surface area contributed by atoms with Crippen LogP contribution in [0.2, 0.25) is 5.02 Å². The number of aromatic nitrogens is 3. The third-order valence-corrected chi connectivity index (χ3v) is 6.99. The Hall–Kier alpha value is -4.62. The van der Waals surface area contributed by atoms with Gasteiger partial charge < -0.3 is 4.74 Å². The molecule has 8 heteroatoms. The highest BCUT2D eigenvalue weighted by atomic mass is 35.5. The molecular formula is C33H23ClF3N3O. The molecule has 0 radical (unpaired) electrons. The van der Waals surface area contributed by atoms with E-state index in [4.69, 9.17) is 21.3 Å². The van der Waals surface area contributed by atoms with E-state index in [2.05, 4.69) is 5.10 Å². The number of ether oxygens (including phenoxy) is 1. The van der Waals surface area contributed by atoms with Crippen molar-refractivity contribution < 1.29 is 17.9 Å². The quantitative estimate of drug-likeness (QED) is 0.201. The second kappa shape index (κ2) is 10.7. The van der Waals surface area contributed by atoms with Gasteiger partial charge in [0, 0.05) is 16.1 Å². The van der Waals surface area contributed by atoms with Gasteiger partial charge in [0.05, 0.1) is 22.3 Å². The molecule has 0 fully saturated rings. The Bertz CT molecular complexity index is 1810. The van der Waals surface area contributed by atoms with Gasteiger partial charge in [0.2, 0.25) is 0 Å². The van der Waals surface area contributed by atoms with Crippen LogP contribution in [-0.4, -0.2) is 14.8 Å². The Morgan fingerprint density at radius 3 is 2.12 bits per heavy atom. The van der Waals surface area contributed by atoms with Crippen molar-refractivity contribution in [3.8, 4) is 34.0 Å². The lowest BCUT2D eigenvalue weighted by Crippen LogP contribution is -2.08. The van der Waals surface area contributed by atoms with Gasteiger partial charge in [-0.2, -0.15) is 18.3 Å². The van der Waals surface area contributed by atoms with E-state index >= 15 is 0 Å². The first kappa shape index (κ1) is 26.6. The van der Waals surface area contributed by atoms with E-state index in [9.17, 15) is 13.2 Å². The molecule has 4 aromatic carbocycles. The summed E-state index contributed by atoms with van der Waals surface area (Å²) in [6, 6.07) is 31.5. The summed E-state index contributed by atoms with van der Waals surface area (Å²) < 4.78 is 51.2. The minimum Gasteiger partial charge on any atom is -0.489 e. The molecule has 6 rings (SSSR count). The maximum Gasteiger partial charge on any atom is 0.417 e. The molecule has 0 amide bonds. The number of halogens is 4. The van der Waals surface area contributed by atoms with Gasteiger partial charge >= 0.3 is 6.18 Å². The number of aryl methyl sites for hydroxylation is 1. The predicted octanol–water partition coefficient (Wildman–Crippen LogP) is 9.31. The Morgan fingerprint density at radius 1 is 0.805 bits per heavy atom. The van der Waals surface area contributed by atoms with Gasteiger partial charge in [0.25, 0.3) is 0 Å². The lowest BCUT2D eigenvalue weighted by atomic mass is 10.0. The van der Waals surface area contributed by atoms with Crippen LogP contribution in [0.15, 0.2) is 109 Å². The fourth-order valence-electron chi connectivity index (χ4n) is 4.62. The topological polar surface area (TPSA) is 39.9 Å². The second-order valence-electron chi connectivity index (χ2n) is 9.65. The van der Waals surface area contributed by atoms with E-state index in [1.807, 2.05) is 37.3 Å². The van der Waals surface area contributed by atoms with E-state index < -0.39 is 11.7 Å². The average molecular weight is 570 g/mol. The molecule has 41 heavy (non-hydrogen) atoms. The number of hydrogen-bond donors (Lipinski definition) is 0. The van der Waals surface area contributed by atoms with Crippen molar-refractivity contribution in [3.63, 3.8) is 0 Å². The van der Waals surface area contributed by atoms with Crippen LogP contribution < -0.4 is 4.74 Å². The first-order valence-corrected chi connectivity index (χ1v) is 13.3. The molecule has 0 bridgehead atoms. The summed E-state index contributed by atoms with van der Waals surface area (Å²) in [5.74, 6) is 0.603.